The fourth-order valence-corrected chi connectivity index (χ4v) is 2.59. The number of phenols is 2. The van der Waals surface area contributed by atoms with Gasteiger partial charge in [0.05, 0.1) is 12.5 Å². The number of ether oxygens (including phenoxy) is 1. The predicted octanol–water partition coefficient (Wildman–Crippen LogP) is -1.12. The molecule has 132 valence electrons. The number of rotatable bonds is 4. The van der Waals surface area contributed by atoms with Crippen molar-refractivity contribution in [2.45, 2.75) is 43.2 Å². The Morgan fingerprint density at radius 1 is 1.17 bits per heavy atom. The Morgan fingerprint density at radius 3 is 2.42 bits per heavy atom. The summed E-state index contributed by atoms with van der Waals surface area (Å²) in [5.74, 6) is -3.22. The number of carboxylic acid groups (broad SMARTS) is 1. The van der Waals surface area contributed by atoms with Crippen LogP contribution in [0.1, 0.15) is 18.4 Å². The molecule has 9 nitrogen and oxygen atoms in total. The van der Waals surface area contributed by atoms with Crippen LogP contribution < -0.4 is 0 Å². The van der Waals surface area contributed by atoms with E-state index in [1.165, 1.54) is 12.1 Å². The van der Waals surface area contributed by atoms with Gasteiger partial charge in [0.1, 0.15) is 12.2 Å². The van der Waals surface area contributed by atoms with E-state index in [1.54, 1.807) is 0 Å². The van der Waals surface area contributed by atoms with Gasteiger partial charge in [-0.3, -0.25) is 4.79 Å². The number of benzene rings is 1. The molecule has 1 aromatic rings. The van der Waals surface area contributed by atoms with Crippen LogP contribution in [-0.2, 0) is 20.7 Å². The van der Waals surface area contributed by atoms with Crippen LogP contribution in [0.25, 0.3) is 0 Å². The minimum Gasteiger partial charge on any atom is -0.504 e. The molecule has 1 saturated carbocycles. The van der Waals surface area contributed by atoms with Crippen LogP contribution in [0.4, 0.5) is 0 Å². The number of aromatic hydroxyl groups is 2. The molecule has 0 unspecified atom stereocenters. The Bertz CT molecular complexity index is 644. The third-order valence-electron chi connectivity index (χ3n) is 3.93. The van der Waals surface area contributed by atoms with Gasteiger partial charge in [0.25, 0.3) is 0 Å². The van der Waals surface area contributed by atoms with Crippen molar-refractivity contribution in [1.29, 1.82) is 0 Å². The lowest BCUT2D eigenvalue weighted by Gasteiger charge is -2.39. The molecule has 4 atom stereocenters. The molecule has 0 amide bonds. The maximum absolute atomic E-state index is 11.9. The lowest BCUT2D eigenvalue weighted by molar-refractivity contribution is -0.198. The first-order chi connectivity index (χ1) is 11.1. The number of carboxylic acids is 1. The zero-order valence-electron chi connectivity index (χ0n) is 12.5. The van der Waals surface area contributed by atoms with Gasteiger partial charge < -0.3 is 35.4 Å². The molecule has 1 aliphatic rings. The second-order valence-electron chi connectivity index (χ2n) is 5.83. The summed E-state index contributed by atoms with van der Waals surface area (Å²) in [5, 5.41) is 57.1. The van der Waals surface area contributed by atoms with E-state index in [-0.39, 0.29) is 12.2 Å². The first kappa shape index (κ1) is 18.0. The Balaban J connectivity index is 2.06. The van der Waals surface area contributed by atoms with Gasteiger partial charge in [-0.1, -0.05) is 6.07 Å². The summed E-state index contributed by atoms with van der Waals surface area (Å²) in [5.41, 5.74) is -1.99. The lowest BCUT2D eigenvalue weighted by Crippen LogP contribution is -2.57. The number of esters is 1. The second kappa shape index (κ2) is 6.63. The molecule has 0 aromatic heterocycles. The molecule has 0 aliphatic heterocycles. The van der Waals surface area contributed by atoms with Gasteiger partial charge in [-0.05, 0) is 17.7 Å². The third-order valence-corrected chi connectivity index (χ3v) is 3.93. The Morgan fingerprint density at radius 2 is 1.83 bits per heavy atom. The number of carbonyl (C=O) groups is 2. The normalized spacial score (nSPS) is 29.9. The summed E-state index contributed by atoms with van der Waals surface area (Å²) in [6.07, 6.45) is -5.94. The molecular formula is C15H18O9. The van der Waals surface area contributed by atoms with Crippen LogP contribution >= 0.6 is 0 Å². The maximum Gasteiger partial charge on any atom is 0.335 e. The topological polar surface area (TPSA) is 165 Å². The zero-order valence-corrected chi connectivity index (χ0v) is 12.5. The molecule has 1 aliphatic carbocycles. The van der Waals surface area contributed by atoms with Gasteiger partial charge in [-0.15, -0.1) is 0 Å². The van der Waals surface area contributed by atoms with Crippen molar-refractivity contribution in [1.82, 2.24) is 0 Å². The van der Waals surface area contributed by atoms with E-state index >= 15 is 0 Å². The zero-order chi connectivity index (χ0) is 18.1. The number of hydrogen-bond acceptors (Lipinski definition) is 8. The minimum atomic E-state index is -2.31. The monoisotopic (exact) mass is 342 g/mol. The van der Waals surface area contributed by atoms with E-state index in [9.17, 15) is 35.1 Å². The average Bonchev–Trinajstić information content (AvgIpc) is 2.48. The Kier molecular flexibility index (Phi) is 4.97. The standard InChI is InChI=1S/C15H18O9/c16-8-2-1-7(3-9(8)17)4-12(19)24-11-6-15(23,14(21)22)5-10(18)13(11)20/h1-3,10-11,13,16-18,20,23H,4-6H2,(H,21,22)/t10-,11-,13-,15+/m1/s1. The number of hydrogen-bond donors (Lipinski definition) is 6. The summed E-state index contributed by atoms with van der Waals surface area (Å²) < 4.78 is 4.98. The van der Waals surface area contributed by atoms with Crippen molar-refractivity contribution >= 4 is 11.9 Å². The summed E-state index contributed by atoms with van der Waals surface area (Å²) in [4.78, 5) is 23.0. The predicted molar refractivity (Wildman–Crippen MR) is 77.2 cm³/mol. The van der Waals surface area contributed by atoms with E-state index < -0.39 is 54.4 Å². The van der Waals surface area contributed by atoms with Gasteiger partial charge in [-0.25, -0.2) is 4.79 Å². The molecule has 0 saturated heterocycles. The van der Waals surface area contributed by atoms with Crippen LogP contribution in [0.3, 0.4) is 0 Å². The molecule has 0 bridgehead atoms. The first-order valence-corrected chi connectivity index (χ1v) is 7.14. The lowest BCUT2D eigenvalue weighted by atomic mass is 9.79. The van der Waals surface area contributed by atoms with Crippen LogP contribution in [0.2, 0.25) is 0 Å². The van der Waals surface area contributed by atoms with Crippen molar-refractivity contribution < 1.29 is 45.0 Å². The molecule has 24 heavy (non-hydrogen) atoms. The van der Waals surface area contributed by atoms with E-state index in [2.05, 4.69) is 0 Å². The molecule has 6 N–H and O–H groups in total. The minimum absolute atomic E-state index is 0.314. The van der Waals surface area contributed by atoms with E-state index in [0.717, 1.165) is 6.07 Å². The Hall–Kier alpha value is -2.36. The van der Waals surface area contributed by atoms with Crippen LogP contribution in [0.15, 0.2) is 18.2 Å². The van der Waals surface area contributed by atoms with E-state index in [4.69, 9.17) is 9.84 Å². The highest BCUT2D eigenvalue weighted by atomic mass is 16.6. The molecule has 1 aromatic carbocycles. The Labute approximate surface area is 136 Å². The molecular weight excluding hydrogens is 324 g/mol. The van der Waals surface area contributed by atoms with Gasteiger partial charge in [0.2, 0.25) is 0 Å². The van der Waals surface area contributed by atoms with Crippen LogP contribution in [0, 0.1) is 0 Å². The summed E-state index contributed by atoms with van der Waals surface area (Å²) >= 11 is 0. The highest BCUT2D eigenvalue weighted by Crippen LogP contribution is 2.31. The number of carbonyl (C=O) groups excluding carboxylic acids is 1. The second-order valence-corrected chi connectivity index (χ2v) is 5.83. The third kappa shape index (κ3) is 3.75. The summed E-state index contributed by atoms with van der Waals surface area (Å²) in [6, 6.07) is 3.70. The van der Waals surface area contributed by atoms with Crippen molar-refractivity contribution in [3.05, 3.63) is 23.8 Å². The molecule has 0 spiro atoms. The van der Waals surface area contributed by atoms with Gasteiger partial charge >= 0.3 is 11.9 Å². The number of aliphatic hydroxyl groups excluding tert-OH is 2. The summed E-state index contributed by atoms with van der Waals surface area (Å²) in [6.45, 7) is 0. The highest BCUT2D eigenvalue weighted by molar-refractivity contribution is 5.78. The van der Waals surface area contributed by atoms with E-state index in [1.807, 2.05) is 0 Å². The van der Waals surface area contributed by atoms with Crippen molar-refractivity contribution in [3.8, 4) is 11.5 Å². The van der Waals surface area contributed by atoms with Gasteiger partial charge in [0.15, 0.2) is 17.1 Å². The van der Waals surface area contributed by atoms with Gasteiger partial charge in [-0.2, -0.15) is 0 Å². The summed E-state index contributed by atoms with van der Waals surface area (Å²) in [7, 11) is 0. The molecule has 0 heterocycles. The molecule has 0 radical (unpaired) electrons. The molecule has 1 fully saturated rings. The van der Waals surface area contributed by atoms with Gasteiger partial charge in [0, 0.05) is 12.8 Å². The highest BCUT2D eigenvalue weighted by Gasteiger charge is 2.50. The fourth-order valence-electron chi connectivity index (χ4n) is 2.59. The van der Waals surface area contributed by atoms with Crippen LogP contribution in [0.5, 0.6) is 11.5 Å². The van der Waals surface area contributed by atoms with Crippen molar-refractivity contribution in [2.24, 2.45) is 0 Å². The SMILES string of the molecule is O=C(Cc1ccc(O)c(O)c1)O[C@@H]1C[C@](O)(C(=O)O)C[C@@H](O)[C@H]1O. The smallest absolute Gasteiger partial charge is 0.335 e. The number of aliphatic hydroxyl groups is 3. The fraction of sp³-hybridized carbons (Fsp3) is 0.467. The average molecular weight is 342 g/mol. The maximum atomic E-state index is 11.9. The van der Waals surface area contributed by atoms with Crippen molar-refractivity contribution in [3.63, 3.8) is 0 Å². The van der Waals surface area contributed by atoms with Crippen molar-refractivity contribution in [2.75, 3.05) is 0 Å². The van der Waals surface area contributed by atoms with Crippen LogP contribution in [-0.4, -0.2) is 66.5 Å². The number of phenolic OH excluding ortho intramolecular Hbond substituents is 2. The first-order valence-electron chi connectivity index (χ1n) is 7.14. The molecule has 9 heteroatoms. The largest absolute Gasteiger partial charge is 0.504 e. The number of aliphatic carboxylic acids is 1. The van der Waals surface area contributed by atoms with E-state index in [0.29, 0.717) is 5.56 Å². The molecule has 2 rings (SSSR count). The quantitative estimate of drug-likeness (QED) is 0.294.